The highest BCUT2D eigenvalue weighted by Crippen LogP contribution is 2.20. The van der Waals surface area contributed by atoms with Crippen molar-refractivity contribution in [3.05, 3.63) is 77.8 Å². The van der Waals surface area contributed by atoms with Crippen LogP contribution < -0.4 is 4.74 Å². The average molecular weight is 366 g/mol. The summed E-state index contributed by atoms with van der Waals surface area (Å²) >= 11 is 0. The Labute approximate surface area is 156 Å². The number of aromatic nitrogens is 3. The third-order valence-corrected chi connectivity index (χ3v) is 4.51. The maximum absolute atomic E-state index is 14.0. The molecule has 1 aliphatic rings. The minimum Gasteiger partial charge on any atom is -0.468 e. The molecule has 4 heterocycles. The van der Waals surface area contributed by atoms with Gasteiger partial charge < -0.3 is 14.2 Å². The highest BCUT2D eigenvalue weighted by Gasteiger charge is 2.27. The molecule has 0 aliphatic carbocycles. The Kier molecular flexibility index (Phi) is 4.58. The van der Waals surface area contributed by atoms with Gasteiger partial charge in [0.25, 0.3) is 11.8 Å². The summed E-state index contributed by atoms with van der Waals surface area (Å²) in [6, 6.07) is 8.53. The lowest BCUT2D eigenvalue weighted by Crippen LogP contribution is -2.39. The monoisotopic (exact) mass is 366 g/mol. The van der Waals surface area contributed by atoms with Gasteiger partial charge in [-0.2, -0.15) is 0 Å². The lowest BCUT2D eigenvalue weighted by molar-refractivity contribution is 0.0640. The number of rotatable bonds is 3. The lowest BCUT2D eigenvalue weighted by atomic mass is 10.2. The van der Waals surface area contributed by atoms with E-state index in [1.54, 1.807) is 17.3 Å². The van der Waals surface area contributed by atoms with E-state index >= 15 is 0 Å². The quantitative estimate of drug-likeness (QED) is 0.715. The normalized spacial score (nSPS) is 16.5. The van der Waals surface area contributed by atoms with Gasteiger partial charge in [-0.15, -0.1) is 0 Å². The van der Waals surface area contributed by atoms with Gasteiger partial charge in [-0.3, -0.25) is 9.78 Å². The van der Waals surface area contributed by atoms with Crippen molar-refractivity contribution in [2.24, 2.45) is 0 Å². The van der Waals surface area contributed by atoms with Gasteiger partial charge in [0.15, 0.2) is 5.82 Å². The number of pyridine rings is 2. The van der Waals surface area contributed by atoms with E-state index in [1.807, 2.05) is 35.9 Å². The van der Waals surface area contributed by atoms with Gasteiger partial charge in [0.1, 0.15) is 6.10 Å². The molecule has 0 saturated heterocycles. The minimum absolute atomic E-state index is 0.0530. The maximum atomic E-state index is 14.0. The summed E-state index contributed by atoms with van der Waals surface area (Å²) in [7, 11) is 0. The first kappa shape index (κ1) is 17.2. The van der Waals surface area contributed by atoms with Crippen molar-refractivity contribution in [2.45, 2.75) is 26.1 Å². The van der Waals surface area contributed by atoms with Crippen LogP contribution in [0.4, 0.5) is 4.39 Å². The number of hydrogen-bond acceptors (Lipinski definition) is 4. The molecule has 0 aromatic carbocycles. The predicted molar refractivity (Wildman–Crippen MR) is 96.8 cm³/mol. The van der Waals surface area contributed by atoms with E-state index in [0.29, 0.717) is 25.2 Å². The molecule has 4 rings (SSSR count). The lowest BCUT2D eigenvalue weighted by Gasteiger charge is -2.24. The van der Waals surface area contributed by atoms with E-state index in [1.165, 1.54) is 18.3 Å². The molecule has 0 bridgehead atoms. The minimum atomic E-state index is -0.518. The molecule has 3 aromatic heterocycles. The van der Waals surface area contributed by atoms with Crippen LogP contribution >= 0.6 is 0 Å². The SMILES string of the molecule is Cc1cncc(C(=O)N2Cc3cccn3CC(Oc3ncccc3F)C2)c1. The first-order chi connectivity index (χ1) is 13.1. The Morgan fingerprint density at radius 1 is 1.26 bits per heavy atom. The maximum Gasteiger partial charge on any atom is 0.255 e. The molecule has 0 fully saturated rings. The van der Waals surface area contributed by atoms with Crippen LogP contribution in [-0.4, -0.2) is 38.0 Å². The van der Waals surface area contributed by atoms with E-state index in [0.717, 1.165) is 11.3 Å². The summed E-state index contributed by atoms with van der Waals surface area (Å²) in [6.45, 7) is 3.18. The fourth-order valence-electron chi connectivity index (χ4n) is 3.25. The Balaban J connectivity index is 1.62. The highest BCUT2D eigenvalue weighted by atomic mass is 19.1. The van der Waals surface area contributed by atoms with Crippen LogP contribution in [-0.2, 0) is 13.1 Å². The molecule has 0 saturated carbocycles. The van der Waals surface area contributed by atoms with Crippen molar-refractivity contribution in [3.8, 4) is 5.88 Å². The molecule has 1 aliphatic heterocycles. The highest BCUT2D eigenvalue weighted by molar-refractivity contribution is 5.94. The van der Waals surface area contributed by atoms with Crippen LogP contribution in [0.3, 0.4) is 0 Å². The van der Waals surface area contributed by atoms with Gasteiger partial charge in [0.2, 0.25) is 0 Å². The first-order valence-corrected chi connectivity index (χ1v) is 8.72. The number of carbonyl (C=O) groups excluding carboxylic acids is 1. The fraction of sp³-hybridized carbons (Fsp3) is 0.250. The molecule has 0 radical (unpaired) electrons. The third-order valence-electron chi connectivity index (χ3n) is 4.51. The zero-order chi connectivity index (χ0) is 18.8. The summed E-state index contributed by atoms with van der Waals surface area (Å²) in [5, 5.41) is 0. The topological polar surface area (TPSA) is 60.2 Å². The van der Waals surface area contributed by atoms with E-state index in [-0.39, 0.29) is 11.8 Å². The summed E-state index contributed by atoms with van der Waals surface area (Å²) in [4.78, 5) is 22.8. The number of amides is 1. The number of carbonyl (C=O) groups is 1. The van der Waals surface area contributed by atoms with Gasteiger partial charge >= 0.3 is 0 Å². The van der Waals surface area contributed by atoms with E-state index in [9.17, 15) is 9.18 Å². The molecule has 1 unspecified atom stereocenters. The van der Waals surface area contributed by atoms with Crippen LogP contribution in [0, 0.1) is 12.7 Å². The average Bonchev–Trinajstić information content (AvgIpc) is 3.01. The number of aryl methyl sites for hydroxylation is 1. The first-order valence-electron chi connectivity index (χ1n) is 8.72. The zero-order valence-electron chi connectivity index (χ0n) is 14.9. The third kappa shape index (κ3) is 3.67. The van der Waals surface area contributed by atoms with Gasteiger partial charge in [-0.05, 0) is 42.8 Å². The Hall–Kier alpha value is -3.22. The van der Waals surface area contributed by atoms with Crippen LogP contribution in [0.5, 0.6) is 5.88 Å². The molecular weight excluding hydrogens is 347 g/mol. The van der Waals surface area contributed by atoms with Gasteiger partial charge in [-0.1, -0.05) is 0 Å². The van der Waals surface area contributed by atoms with Gasteiger partial charge in [0, 0.05) is 30.5 Å². The summed E-state index contributed by atoms with van der Waals surface area (Å²) in [5.74, 6) is -0.700. The largest absolute Gasteiger partial charge is 0.468 e. The van der Waals surface area contributed by atoms with Crippen molar-refractivity contribution < 1.29 is 13.9 Å². The molecule has 1 atom stereocenters. The second kappa shape index (κ2) is 7.19. The molecule has 1 amide bonds. The molecule has 3 aromatic rings. The van der Waals surface area contributed by atoms with Crippen LogP contribution in [0.2, 0.25) is 0 Å². The number of ether oxygens (including phenoxy) is 1. The Morgan fingerprint density at radius 3 is 2.96 bits per heavy atom. The Bertz CT molecular complexity index is 972. The second-order valence-corrected chi connectivity index (χ2v) is 6.62. The second-order valence-electron chi connectivity index (χ2n) is 6.62. The van der Waals surface area contributed by atoms with Crippen molar-refractivity contribution in [3.63, 3.8) is 0 Å². The fourth-order valence-corrected chi connectivity index (χ4v) is 3.25. The van der Waals surface area contributed by atoms with E-state index in [2.05, 4.69) is 9.97 Å². The number of fused-ring (bicyclic) bond motifs is 1. The van der Waals surface area contributed by atoms with Crippen molar-refractivity contribution >= 4 is 5.91 Å². The number of halogens is 1. The summed E-state index contributed by atoms with van der Waals surface area (Å²) < 4.78 is 21.8. The number of nitrogens with zero attached hydrogens (tertiary/aromatic N) is 4. The number of hydrogen-bond donors (Lipinski definition) is 0. The molecular formula is C20H19FN4O2. The van der Waals surface area contributed by atoms with Crippen molar-refractivity contribution in [1.29, 1.82) is 0 Å². The van der Waals surface area contributed by atoms with E-state index < -0.39 is 11.9 Å². The van der Waals surface area contributed by atoms with Crippen LogP contribution in [0.15, 0.2) is 55.1 Å². The Morgan fingerprint density at radius 2 is 2.15 bits per heavy atom. The molecule has 0 spiro atoms. The van der Waals surface area contributed by atoms with Crippen molar-refractivity contribution in [2.75, 3.05) is 6.54 Å². The van der Waals surface area contributed by atoms with Crippen LogP contribution in [0.1, 0.15) is 21.6 Å². The zero-order valence-corrected chi connectivity index (χ0v) is 14.9. The summed E-state index contributed by atoms with van der Waals surface area (Å²) in [6.07, 6.45) is 6.26. The van der Waals surface area contributed by atoms with E-state index in [4.69, 9.17) is 4.74 Å². The molecule has 7 heteroatoms. The van der Waals surface area contributed by atoms with Crippen LogP contribution in [0.25, 0.3) is 0 Å². The molecule has 138 valence electrons. The molecule has 0 N–H and O–H groups in total. The predicted octanol–water partition coefficient (Wildman–Crippen LogP) is 2.83. The summed E-state index contributed by atoms with van der Waals surface area (Å²) in [5.41, 5.74) is 2.44. The molecule has 27 heavy (non-hydrogen) atoms. The van der Waals surface area contributed by atoms with Gasteiger partial charge in [-0.25, -0.2) is 9.37 Å². The van der Waals surface area contributed by atoms with Gasteiger partial charge in [0.05, 0.1) is 25.2 Å². The van der Waals surface area contributed by atoms with Crippen molar-refractivity contribution in [1.82, 2.24) is 19.4 Å². The standard InChI is InChI=1S/C20H19FN4O2/c1-14-8-15(10-22-9-14)20(26)25-11-16-4-3-7-24(16)12-17(13-25)27-19-18(21)5-2-6-23-19/h2-10,17H,11-13H2,1H3. The smallest absolute Gasteiger partial charge is 0.255 e. The molecule has 6 nitrogen and oxygen atoms in total.